The van der Waals surface area contributed by atoms with E-state index >= 15 is 0 Å². The maximum absolute atomic E-state index is 12.7. The van der Waals surface area contributed by atoms with Gasteiger partial charge in [0, 0.05) is 24.5 Å². The molecule has 148 valence electrons. The van der Waals surface area contributed by atoms with E-state index in [-0.39, 0.29) is 18.6 Å². The number of rotatable bonds is 7. The molecule has 6 nitrogen and oxygen atoms in total. The molecule has 1 heterocycles. The average molecular weight is 403 g/mol. The fourth-order valence-corrected chi connectivity index (χ4v) is 3.09. The van der Waals surface area contributed by atoms with Crippen molar-refractivity contribution in [3.05, 3.63) is 58.6 Å². The Morgan fingerprint density at radius 2 is 1.79 bits per heavy atom. The summed E-state index contributed by atoms with van der Waals surface area (Å²) in [5.74, 6) is 1.07. The summed E-state index contributed by atoms with van der Waals surface area (Å²) in [5.41, 5.74) is 1.82. The summed E-state index contributed by atoms with van der Waals surface area (Å²) in [4.78, 5) is 26.7. The number of halogens is 1. The first kappa shape index (κ1) is 20.0. The van der Waals surface area contributed by atoms with Crippen molar-refractivity contribution in [3.8, 4) is 11.5 Å². The standard InChI is InChI=1S/C21H23ClN2O4/c1-3-20(25)24(12-15-4-7-17(22)8-5-15)14(2)21(26)23-11-16-6-9-18-19(10-16)28-13-27-18/h4-10,14H,3,11-13H2,1-2H3,(H,23,26)/t14-/m0/s1. The van der Waals surface area contributed by atoms with Crippen LogP contribution in [-0.2, 0) is 22.7 Å². The van der Waals surface area contributed by atoms with Crippen LogP contribution in [0.2, 0.25) is 5.02 Å². The fraction of sp³-hybridized carbons (Fsp3) is 0.333. The number of nitrogens with zero attached hydrogens (tertiary/aromatic N) is 1. The summed E-state index contributed by atoms with van der Waals surface area (Å²) >= 11 is 5.92. The van der Waals surface area contributed by atoms with Crippen molar-refractivity contribution in [1.29, 1.82) is 0 Å². The highest BCUT2D eigenvalue weighted by Crippen LogP contribution is 2.32. The highest BCUT2D eigenvalue weighted by atomic mass is 35.5. The van der Waals surface area contributed by atoms with Gasteiger partial charge in [-0.05, 0) is 42.3 Å². The van der Waals surface area contributed by atoms with Gasteiger partial charge in [0.1, 0.15) is 6.04 Å². The molecule has 1 aliphatic rings. The van der Waals surface area contributed by atoms with E-state index in [0.717, 1.165) is 11.1 Å². The zero-order valence-electron chi connectivity index (χ0n) is 15.9. The summed E-state index contributed by atoms with van der Waals surface area (Å²) < 4.78 is 10.6. The summed E-state index contributed by atoms with van der Waals surface area (Å²) in [5, 5.41) is 3.53. The molecule has 2 amide bonds. The van der Waals surface area contributed by atoms with Gasteiger partial charge in [0.05, 0.1) is 0 Å². The molecule has 3 rings (SSSR count). The van der Waals surface area contributed by atoms with Crippen LogP contribution in [0.25, 0.3) is 0 Å². The smallest absolute Gasteiger partial charge is 0.242 e. The molecule has 0 saturated carbocycles. The molecule has 28 heavy (non-hydrogen) atoms. The molecule has 2 aromatic carbocycles. The van der Waals surface area contributed by atoms with Crippen molar-refractivity contribution in [1.82, 2.24) is 10.2 Å². The van der Waals surface area contributed by atoms with Crippen LogP contribution in [0, 0.1) is 0 Å². The van der Waals surface area contributed by atoms with Gasteiger partial charge < -0.3 is 19.7 Å². The monoisotopic (exact) mass is 402 g/mol. The van der Waals surface area contributed by atoms with Crippen molar-refractivity contribution in [2.75, 3.05) is 6.79 Å². The molecule has 0 fully saturated rings. The number of hydrogen-bond acceptors (Lipinski definition) is 4. The van der Waals surface area contributed by atoms with Crippen LogP contribution in [0.1, 0.15) is 31.4 Å². The van der Waals surface area contributed by atoms with E-state index in [1.807, 2.05) is 30.3 Å². The molecule has 0 aromatic heterocycles. The Balaban J connectivity index is 1.64. The second-order valence-electron chi connectivity index (χ2n) is 6.58. The highest BCUT2D eigenvalue weighted by Gasteiger charge is 2.25. The Morgan fingerprint density at radius 3 is 2.50 bits per heavy atom. The molecular weight excluding hydrogens is 380 g/mol. The second-order valence-corrected chi connectivity index (χ2v) is 7.02. The second kappa shape index (κ2) is 8.97. The van der Waals surface area contributed by atoms with Crippen molar-refractivity contribution in [3.63, 3.8) is 0 Å². The largest absolute Gasteiger partial charge is 0.454 e. The van der Waals surface area contributed by atoms with Crippen LogP contribution < -0.4 is 14.8 Å². The quantitative estimate of drug-likeness (QED) is 0.769. The normalized spacial score (nSPS) is 13.1. The highest BCUT2D eigenvalue weighted by molar-refractivity contribution is 6.30. The van der Waals surface area contributed by atoms with E-state index in [2.05, 4.69) is 5.32 Å². The third-order valence-corrected chi connectivity index (χ3v) is 4.89. The first-order valence-corrected chi connectivity index (χ1v) is 9.56. The third kappa shape index (κ3) is 4.75. The lowest BCUT2D eigenvalue weighted by molar-refractivity contribution is -0.140. The van der Waals surface area contributed by atoms with Gasteiger partial charge in [-0.15, -0.1) is 0 Å². The molecule has 2 aromatic rings. The maximum atomic E-state index is 12.7. The first-order chi connectivity index (χ1) is 13.5. The summed E-state index contributed by atoms with van der Waals surface area (Å²) in [6, 6.07) is 12.2. The van der Waals surface area contributed by atoms with Crippen LogP contribution in [0.4, 0.5) is 0 Å². The van der Waals surface area contributed by atoms with E-state index < -0.39 is 6.04 Å². The lowest BCUT2D eigenvalue weighted by Gasteiger charge is -2.28. The van der Waals surface area contributed by atoms with Gasteiger partial charge in [-0.25, -0.2) is 0 Å². The zero-order chi connectivity index (χ0) is 20.1. The number of amides is 2. The molecule has 1 atom stereocenters. The minimum Gasteiger partial charge on any atom is -0.454 e. The van der Waals surface area contributed by atoms with Crippen LogP contribution >= 0.6 is 11.6 Å². The van der Waals surface area contributed by atoms with Gasteiger partial charge in [-0.3, -0.25) is 9.59 Å². The van der Waals surface area contributed by atoms with Crippen molar-refractivity contribution >= 4 is 23.4 Å². The Bertz CT molecular complexity index is 854. The number of carbonyl (C=O) groups excluding carboxylic acids is 2. The van der Waals surface area contributed by atoms with E-state index in [9.17, 15) is 9.59 Å². The molecule has 0 saturated heterocycles. The average Bonchev–Trinajstić information content (AvgIpc) is 3.18. The third-order valence-electron chi connectivity index (χ3n) is 4.64. The Hall–Kier alpha value is -2.73. The Morgan fingerprint density at radius 1 is 1.11 bits per heavy atom. The minimum atomic E-state index is -0.600. The SMILES string of the molecule is CCC(=O)N(Cc1ccc(Cl)cc1)[C@@H](C)C(=O)NCc1ccc2c(c1)OCO2. The minimum absolute atomic E-state index is 0.0827. The van der Waals surface area contributed by atoms with E-state index in [4.69, 9.17) is 21.1 Å². The van der Waals surface area contributed by atoms with Crippen LogP contribution in [0.5, 0.6) is 11.5 Å². The van der Waals surface area contributed by atoms with Gasteiger partial charge in [0.15, 0.2) is 11.5 Å². The van der Waals surface area contributed by atoms with E-state index in [0.29, 0.717) is 36.0 Å². The van der Waals surface area contributed by atoms with E-state index in [1.165, 1.54) is 0 Å². The molecule has 1 N–H and O–H groups in total. The molecule has 0 spiro atoms. The maximum Gasteiger partial charge on any atom is 0.242 e. The summed E-state index contributed by atoms with van der Waals surface area (Å²) in [6.45, 7) is 4.42. The predicted molar refractivity (Wildman–Crippen MR) is 106 cm³/mol. The summed E-state index contributed by atoms with van der Waals surface area (Å²) in [6.07, 6.45) is 0.327. The fourth-order valence-electron chi connectivity index (χ4n) is 2.96. The van der Waals surface area contributed by atoms with Crippen LogP contribution in [0.15, 0.2) is 42.5 Å². The van der Waals surface area contributed by atoms with Gasteiger partial charge in [-0.1, -0.05) is 36.7 Å². The number of fused-ring (bicyclic) bond motifs is 1. The van der Waals surface area contributed by atoms with Crippen molar-refractivity contribution < 1.29 is 19.1 Å². The molecule has 0 bridgehead atoms. The molecular formula is C21H23ClN2O4. The predicted octanol–water partition coefficient (Wildman–Crippen LogP) is 3.51. The number of carbonyl (C=O) groups is 2. The summed E-state index contributed by atoms with van der Waals surface area (Å²) in [7, 11) is 0. The number of benzene rings is 2. The number of ether oxygens (including phenoxy) is 2. The number of hydrogen-bond donors (Lipinski definition) is 1. The van der Waals surface area contributed by atoms with Gasteiger partial charge in [0.25, 0.3) is 0 Å². The molecule has 0 unspecified atom stereocenters. The van der Waals surface area contributed by atoms with Crippen molar-refractivity contribution in [2.45, 2.75) is 39.4 Å². The van der Waals surface area contributed by atoms with Gasteiger partial charge >= 0.3 is 0 Å². The van der Waals surface area contributed by atoms with Gasteiger partial charge in [-0.2, -0.15) is 0 Å². The van der Waals surface area contributed by atoms with Crippen LogP contribution in [-0.4, -0.2) is 29.5 Å². The number of nitrogens with one attached hydrogen (secondary N) is 1. The lowest BCUT2D eigenvalue weighted by atomic mass is 10.1. The van der Waals surface area contributed by atoms with Crippen LogP contribution in [0.3, 0.4) is 0 Å². The Labute approximate surface area is 169 Å². The topological polar surface area (TPSA) is 67.9 Å². The molecule has 1 aliphatic heterocycles. The van der Waals surface area contributed by atoms with E-state index in [1.54, 1.807) is 30.9 Å². The lowest BCUT2D eigenvalue weighted by Crippen LogP contribution is -2.47. The molecule has 0 radical (unpaired) electrons. The van der Waals surface area contributed by atoms with Crippen molar-refractivity contribution in [2.24, 2.45) is 0 Å². The Kier molecular flexibility index (Phi) is 6.41. The molecule has 0 aliphatic carbocycles. The zero-order valence-corrected chi connectivity index (χ0v) is 16.7. The first-order valence-electron chi connectivity index (χ1n) is 9.18. The van der Waals surface area contributed by atoms with Gasteiger partial charge in [0.2, 0.25) is 18.6 Å². The molecule has 7 heteroatoms.